The molecule has 2 heterocycles. The number of nitrogens with zero attached hydrogens (tertiary/aromatic N) is 2. The third-order valence-corrected chi connectivity index (χ3v) is 5.68. The van der Waals surface area contributed by atoms with Gasteiger partial charge in [-0.25, -0.2) is 8.42 Å². The van der Waals surface area contributed by atoms with Crippen molar-refractivity contribution < 1.29 is 22.7 Å². The van der Waals surface area contributed by atoms with Crippen LogP contribution in [0.5, 0.6) is 11.5 Å². The Labute approximate surface area is 146 Å². The van der Waals surface area contributed by atoms with Crippen molar-refractivity contribution in [3.8, 4) is 11.5 Å². The van der Waals surface area contributed by atoms with Gasteiger partial charge in [0.2, 0.25) is 10.0 Å². The van der Waals surface area contributed by atoms with Crippen molar-refractivity contribution in [2.45, 2.75) is 0 Å². The Balaban J connectivity index is 1.86. The van der Waals surface area contributed by atoms with E-state index in [1.807, 2.05) is 0 Å². The minimum atomic E-state index is -3.22. The van der Waals surface area contributed by atoms with Crippen LogP contribution in [-0.2, 0) is 10.0 Å². The highest BCUT2D eigenvalue weighted by Crippen LogP contribution is 2.33. The molecule has 0 saturated carbocycles. The molecule has 1 N–H and O–H groups in total. The number of methoxy groups -OCH3 is 2. The van der Waals surface area contributed by atoms with Gasteiger partial charge in [-0.2, -0.15) is 4.31 Å². The minimum Gasteiger partial charge on any atom is -0.496 e. The molecule has 25 heavy (non-hydrogen) atoms. The number of hydrogen-bond donors (Lipinski definition) is 1. The summed E-state index contributed by atoms with van der Waals surface area (Å²) >= 11 is 0. The first kappa shape index (κ1) is 17.6. The number of H-pyrrole nitrogens is 1. The Morgan fingerprint density at radius 3 is 2.24 bits per heavy atom. The van der Waals surface area contributed by atoms with Crippen LogP contribution in [0, 0.1) is 0 Å². The number of sulfonamides is 1. The molecular formula is C16H21N3O5S. The zero-order chi connectivity index (χ0) is 18.2. The smallest absolute Gasteiger partial charge is 0.270 e. The number of rotatable bonds is 4. The summed E-state index contributed by atoms with van der Waals surface area (Å²) in [5, 5.41) is 0.764. The number of piperazine rings is 1. The molecule has 1 aromatic carbocycles. The summed E-state index contributed by atoms with van der Waals surface area (Å²) in [6, 6.07) is 5.30. The molecule has 1 aromatic heterocycles. The minimum absolute atomic E-state index is 0.173. The number of fused-ring (bicyclic) bond motifs is 1. The van der Waals surface area contributed by atoms with E-state index in [4.69, 9.17) is 9.47 Å². The van der Waals surface area contributed by atoms with E-state index in [0.29, 0.717) is 48.9 Å². The number of hydrogen-bond acceptors (Lipinski definition) is 5. The number of aromatic amines is 1. The summed E-state index contributed by atoms with van der Waals surface area (Å²) in [4.78, 5) is 17.5. The molecule has 0 radical (unpaired) electrons. The zero-order valence-electron chi connectivity index (χ0n) is 14.4. The lowest BCUT2D eigenvalue weighted by Gasteiger charge is -2.33. The molecule has 8 nitrogen and oxygen atoms in total. The average Bonchev–Trinajstić information content (AvgIpc) is 3.05. The lowest BCUT2D eigenvalue weighted by atomic mass is 10.2. The van der Waals surface area contributed by atoms with Crippen molar-refractivity contribution in [3.05, 3.63) is 23.9 Å². The monoisotopic (exact) mass is 367 g/mol. The quantitative estimate of drug-likeness (QED) is 0.867. The van der Waals surface area contributed by atoms with Crippen LogP contribution in [0.1, 0.15) is 10.5 Å². The third-order valence-electron chi connectivity index (χ3n) is 4.38. The fourth-order valence-electron chi connectivity index (χ4n) is 3.02. The molecule has 1 saturated heterocycles. The van der Waals surface area contributed by atoms with E-state index in [1.165, 1.54) is 10.6 Å². The van der Waals surface area contributed by atoms with Crippen molar-refractivity contribution in [1.82, 2.24) is 14.2 Å². The number of amides is 1. The summed E-state index contributed by atoms with van der Waals surface area (Å²) in [5.41, 5.74) is 1.12. The molecule has 2 aromatic rings. The number of aromatic nitrogens is 1. The Morgan fingerprint density at radius 2 is 1.68 bits per heavy atom. The van der Waals surface area contributed by atoms with Crippen LogP contribution >= 0.6 is 0 Å². The Bertz CT molecular complexity index is 857. The van der Waals surface area contributed by atoms with Gasteiger partial charge in [0.1, 0.15) is 17.2 Å². The Kier molecular flexibility index (Phi) is 4.61. The first-order chi connectivity index (χ1) is 11.8. The maximum atomic E-state index is 12.8. The van der Waals surface area contributed by atoms with Crippen LogP contribution in [0.3, 0.4) is 0 Å². The van der Waals surface area contributed by atoms with Gasteiger partial charge in [-0.1, -0.05) is 0 Å². The second kappa shape index (κ2) is 6.57. The van der Waals surface area contributed by atoms with Crippen molar-refractivity contribution in [3.63, 3.8) is 0 Å². The molecule has 0 spiro atoms. The van der Waals surface area contributed by atoms with Gasteiger partial charge in [0.15, 0.2) is 0 Å². The molecule has 0 bridgehead atoms. The molecule has 136 valence electrons. The van der Waals surface area contributed by atoms with Crippen LogP contribution < -0.4 is 9.47 Å². The van der Waals surface area contributed by atoms with Gasteiger partial charge >= 0.3 is 0 Å². The molecule has 9 heteroatoms. The van der Waals surface area contributed by atoms with Crippen molar-refractivity contribution in [1.29, 1.82) is 0 Å². The largest absolute Gasteiger partial charge is 0.496 e. The maximum absolute atomic E-state index is 12.8. The predicted octanol–water partition coefficient (Wildman–Crippen LogP) is 0.903. The van der Waals surface area contributed by atoms with E-state index in [2.05, 4.69) is 4.98 Å². The zero-order valence-corrected chi connectivity index (χ0v) is 15.2. The molecule has 3 rings (SSSR count). The first-order valence-electron chi connectivity index (χ1n) is 7.83. The van der Waals surface area contributed by atoms with Gasteiger partial charge in [-0.15, -0.1) is 0 Å². The van der Waals surface area contributed by atoms with Crippen molar-refractivity contribution in [2.75, 3.05) is 46.7 Å². The molecule has 0 aliphatic carbocycles. The molecule has 1 fully saturated rings. The highest BCUT2D eigenvalue weighted by atomic mass is 32.2. The second-order valence-electron chi connectivity index (χ2n) is 5.90. The van der Waals surface area contributed by atoms with Crippen molar-refractivity contribution >= 4 is 26.8 Å². The number of nitrogens with one attached hydrogen (secondary N) is 1. The van der Waals surface area contributed by atoms with Gasteiger partial charge in [0.05, 0.1) is 26.0 Å². The molecule has 0 atom stereocenters. The standard InChI is InChI=1S/C16H21N3O5S/c1-23-13-4-5-14(24-2)15-11(13)10-12(17-15)16(20)18-6-8-19(9-7-18)25(3,21)22/h4-5,10,17H,6-9H2,1-3H3. The van der Waals surface area contributed by atoms with E-state index < -0.39 is 10.0 Å². The highest BCUT2D eigenvalue weighted by Gasteiger charge is 2.27. The van der Waals surface area contributed by atoms with Crippen LogP contribution in [0.4, 0.5) is 0 Å². The van der Waals surface area contributed by atoms with Gasteiger partial charge < -0.3 is 19.4 Å². The van der Waals surface area contributed by atoms with Gasteiger partial charge in [-0.3, -0.25) is 4.79 Å². The fourth-order valence-corrected chi connectivity index (χ4v) is 3.85. The Morgan fingerprint density at radius 1 is 1.08 bits per heavy atom. The molecule has 1 amide bonds. The topological polar surface area (TPSA) is 91.9 Å². The Hall–Kier alpha value is -2.26. The van der Waals surface area contributed by atoms with Crippen LogP contribution in [-0.4, -0.2) is 75.2 Å². The number of carbonyl (C=O) groups is 1. The van der Waals surface area contributed by atoms with Gasteiger partial charge in [0.25, 0.3) is 5.91 Å². The third kappa shape index (κ3) is 3.29. The first-order valence-corrected chi connectivity index (χ1v) is 9.68. The fraction of sp³-hybridized carbons (Fsp3) is 0.438. The van der Waals surface area contributed by atoms with E-state index in [1.54, 1.807) is 37.3 Å². The number of ether oxygens (including phenoxy) is 2. The van der Waals surface area contributed by atoms with Crippen LogP contribution in [0.15, 0.2) is 18.2 Å². The van der Waals surface area contributed by atoms with E-state index in [-0.39, 0.29) is 5.91 Å². The summed E-state index contributed by atoms with van der Waals surface area (Å²) in [7, 11) is -0.0906. The lowest BCUT2D eigenvalue weighted by molar-refractivity contribution is 0.0693. The molecular weight excluding hydrogens is 346 g/mol. The number of carbonyl (C=O) groups excluding carboxylic acids is 1. The van der Waals surface area contributed by atoms with E-state index in [9.17, 15) is 13.2 Å². The van der Waals surface area contributed by atoms with E-state index in [0.717, 1.165) is 5.39 Å². The van der Waals surface area contributed by atoms with Crippen molar-refractivity contribution in [2.24, 2.45) is 0 Å². The van der Waals surface area contributed by atoms with Crippen LogP contribution in [0.25, 0.3) is 10.9 Å². The normalized spacial score (nSPS) is 16.2. The summed E-state index contributed by atoms with van der Waals surface area (Å²) in [6.45, 7) is 1.32. The average molecular weight is 367 g/mol. The summed E-state index contributed by atoms with van der Waals surface area (Å²) in [6.07, 6.45) is 1.18. The molecule has 0 unspecified atom stereocenters. The SMILES string of the molecule is COc1ccc(OC)c2[nH]c(C(=O)N3CCN(S(C)(=O)=O)CC3)cc12. The molecule has 1 aliphatic rings. The van der Waals surface area contributed by atoms with Gasteiger partial charge in [-0.05, 0) is 18.2 Å². The second-order valence-corrected chi connectivity index (χ2v) is 7.88. The van der Waals surface area contributed by atoms with Crippen LogP contribution in [0.2, 0.25) is 0 Å². The molecule has 1 aliphatic heterocycles. The maximum Gasteiger partial charge on any atom is 0.270 e. The summed E-state index contributed by atoms with van der Waals surface area (Å²) in [5.74, 6) is 1.10. The summed E-state index contributed by atoms with van der Waals surface area (Å²) < 4.78 is 35.2. The van der Waals surface area contributed by atoms with E-state index >= 15 is 0 Å². The predicted molar refractivity (Wildman–Crippen MR) is 93.7 cm³/mol. The highest BCUT2D eigenvalue weighted by molar-refractivity contribution is 7.88. The van der Waals surface area contributed by atoms with Gasteiger partial charge in [0, 0.05) is 31.6 Å². The lowest BCUT2D eigenvalue weighted by Crippen LogP contribution is -2.50. The number of benzene rings is 1.